The standard InChI is InChI=1S/C43H78O5/c1-4-7-10-13-16-18-19-20-21-22-23-24-25-26-28-30-33-36-42(44)47-40-41(39-46-38-35-32-29-17-14-11-8-5-2)48-43(45)37-34-31-27-15-12-9-6-3/h7,10,16,18,20-21,41H,4-6,8-9,11-15,17,19,22-40H2,1-3H3/b10-7-,18-16-,21-20-. The molecule has 48 heavy (non-hydrogen) atoms. The Morgan fingerprint density at radius 3 is 1.50 bits per heavy atom. The fourth-order valence-corrected chi connectivity index (χ4v) is 5.64. The fourth-order valence-electron chi connectivity index (χ4n) is 5.64. The van der Waals surface area contributed by atoms with Crippen molar-refractivity contribution in [2.75, 3.05) is 19.8 Å². The molecule has 1 atom stereocenters. The molecule has 280 valence electrons. The minimum absolute atomic E-state index is 0.0834. The molecule has 0 aliphatic carbocycles. The van der Waals surface area contributed by atoms with Crippen molar-refractivity contribution in [1.82, 2.24) is 0 Å². The van der Waals surface area contributed by atoms with Gasteiger partial charge in [0.15, 0.2) is 6.10 Å². The van der Waals surface area contributed by atoms with E-state index in [0.29, 0.717) is 19.4 Å². The summed E-state index contributed by atoms with van der Waals surface area (Å²) in [5, 5.41) is 0. The number of hydrogen-bond donors (Lipinski definition) is 0. The zero-order valence-corrected chi connectivity index (χ0v) is 32.0. The number of carbonyl (C=O) groups is 2. The molecule has 0 radical (unpaired) electrons. The molecule has 5 nitrogen and oxygen atoms in total. The van der Waals surface area contributed by atoms with Gasteiger partial charge in [0.2, 0.25) is 0 Å². The van der Waals surface area contributed by atoms with Crippen LogP contribution in [0.1, 0.15) is 201 Å². The SMILES string of the molecule is CC/C=C\C/C=C\C/C=C\CCCCCCCCCC(=O)OCC(COCCCCCCCCCC)OC(=O)CCCCCCCCC. The molecule has 1 unspecified atom stereocenters. The summed E-state index contributed by atoms with van der Waals surface area (Å²) in [7, 11) is 0. The first-order valence-corrected chi connectivity index (χ1v) is 20.5. The Kier molecular flexibility index (Phi) is 38.0. The molecular formula is C43H78O5. The molecule has 0 saturated heterocycles. The van der Waals surface area contributed by atoms with E-state index in [1.807, 2.05) is 0 Å². The molecule has 0 bridgehead atoms. The van der Waals surface area contributed by atoms with E-state index >= 15 is 0 Å². The summed E-state index contributed by atoms with van der Waals surface area (Å²) in [6, 6.07) is 0. The Balaban J connectivity index is 4.11. The second kappa shape index (κ2) is 39.6. The van der Waals surface area contributed by atoms with Gasteiger partial charge in [0.05, 0.1) is 6.61 Å². The van der Waals surface area contributed by atoms with Gasteiger partial charge < -0.3 is 14.2 Å². The molecule has 0 heterocycles. The Bertz CT molecular complexity index is 771. The van der Waals surface area contributed by atoms with Gasteiger partial charge in [-0.15, -0.1) is 0 Å². The van der Waals surface area contributed by atoms with Gasteiger partial charge in [0.1, 0.15) is 6.61 Å². The van der Waals surface area contributed by atoms with E-state index in [-0.39, 0.29) is 25.2 Å². The Labute approximate surface area is 298 Å². The maximum absolute atomic E-state index is 12.5. The Hall–Kier alpha value is -1.88. The van der Waals surface area contributed by atoms with Crippen LogP contribution in [0.3, 0.4) is 0 Å². The van der Waals surface area contributed by atoms with Gasteiger partial charge in [-0.2, -0.15) is 0 Å². The first kappa shape index (κ1) is 46.1. The molecule has 5 heteroatoms. The first-order valence-electron chi connectivity index (χ1n) is 20.5. The topological polar surface area (TPSA) is 61.8 Å². The first-order chi connectivity index (χ1) is 23.6. The van der Waals surface area contributed by atoms with Gasteiger partial charge in [-0.1, -0.05) is 173 Å². The van der Waals surface area contributed by atoms with Gasteiger partial charge in [0, 0.05) is 19.4 Å². The summed E-state index contributed by atoms with van der Waals surface area (Å²) in [6.07, 6.45) is 44.3. The lowest BCUT2D eigenvalue weighted by molar-refractivity contribution is -0.163. The van der Waals surface area contributed by atoms with Crippen molar-refractivity contribution in [3.63, 3.8) is 0 Å². The predicted octanol–water partition coefficient (Wildman–Crippen LogP) is 13.1. The maximum Gasteiger partial charge on any atom is 0.306 e. The molecule has 0 amide bonds. The van der Waals surface area contributed by atoms with Crippen LogP contribution in [0.15, 0.2) is 36.5 Å². The third-order valence-electron chi connectivity index (χ3n) is 8.69. The monoisotopic (exact) mass is 675 g/mol. The largest absolute Gasteiger partial charge is 0.462 e. The van der Waals surface area contributed by atoms with Crippen molar-refractivity contribution in [1.29, 1.82) is 0 Å². The number of allylic oxidation sites excluding steroid dienone is 6. The van der Waals surface area contributed by atoms with Crippen LogP contribution in [0.4, 0.5) is 0 Å². The molecular weight excluding hydrogens is 596 g/mol. The van der Waals surface area contributed by atoms with E-state index in [9.17, 15) is 9.59 Å². The van der Waals surface area contributed by atoms with Crippen molar-refractivity contribution in [3.05, 3.63) is 36.5 Å². The van der Waals surface area contributed by atoms with Crippen molar-refractivity contribution in [2.24, 2.45) is 0 Å². The highest BCUT2D eigenvalue weighted by Crippen LogP contribution is 2.13. The van der Waals surface area contributed by atoms with Crippen LogP contribution in [-0.2, 0) is 23.8 Å². The van der Waals surface area contributed by atoms with Crippen LogP contribution in [-0.4, -0.2) is 37.9 Å². The Morgan fingerprint density at radius 1 is 0.479 bits per heavy atom. The fraction of sp³-hybridized carbons (Fsp3) is 0.814. The van der Waals surface area contributed by atoms with E-state index in [2.05, 4.69) is 57.2 Å². The number of rotatable bonds is 37. The molecule has 0 aromatic heterocycles. The van der Waals surface area contributed by atoms with Gasteiger partial charge in [-0.25, -0.2) is 0 Å². The smallest absolute Gasteiger partial charge is 0.306 e. The lowest BCUT2D eigenvalue weighted by Crippen LogP contribution is -2.30. The van der Waals surface area contributed by atoms with E-state index in [4.69, 9.17) is 14.2 Å². The molecule has 0 spiro atoms. The number of esters is 2. The highest BCUT2D eigenvalue weighted by atomic mass is 16.6. The second-order valence-electron chi connectivity index (χ2n) is 13.5. The lowest BCUT2D eigenvalue weighted by atomic mass is 10.1. The third kappa shape index (κ3) is 36.9. The zero-order valence-electron chi connectivity index (χ0n) is 32.0. The van der Waals surface area contributed by atoms with E-state index < -0.39 is 6.10 Å². The number of carbonyl (C=O) groups excluding carboxylic acids is 2. The third-order valence-corrected chi connectivity index (χ3v) is 8.69. The summed E-state index contributed by atoms with van der Waals surface area (Å²) in [5.41, 5.74) is 0. The summed E-state index contributed by atoms with van der Waals surface area (Å²) >= 11 is 0. The van der Waals surface area contributed by atoms with Crippen molar-refractivity contribution in [2.45, 2.75) is 207 Å². The van der Waals surface area contributed by atoms with Crippen LogP contribution in [0.25, 0.3) is 0 Å². The van der Waals surface area contributed by atoms with Crippen molar-refractivity contribution < 1.29 is 23.8 Å². The highest BCUT2D eigenvalue weighted by Gasteiger charge is 2.17. The van der Waals surface area contributed by atoms with Gasteiger partial charge in [0.25, 0.3) is 0 Å². The predicted molar refractivity (Wildman–Crippen MR) is 205 cm³/mol. The molecule has 0 aliphatic rings. The van der Waals surface area contributed by atoms with Crippen LogP contribution < -0.4 is 0 Å². The molecule has 0 N–H and O–H groups in total. The van der Waals surface area contributed by atoms with Gasteiger partial charge >= 0.3 is 11.9 Å². The summed E-state index contributed by atoms with van der Waals surface area (Å²) < 4.78 is 17.1. The van der Waals surface area contributed by atoms with Crippen molar-refractivity contribution in [3.8, 4) is 0 Å². The number of ether oxygens (including phenoxy) is 3. The van der Waals surface area contributed by atoms with Crippen LogP contribution >= 0.6 is 0 Å². The van der Waals surface area contributed by atoms with Gasteiger partial charge in [-0.05, 0) is 51.4 Å². The summed E-state index contributed by atoms with van der Waals surface area (Å²) in [4.78, 5) is 25.0. The lowest BCUT2D eigenvalue weighted by Gasteiger charge is -2.18. The summed E-state index contributed by atoms with van der Waals surface area (Å²) in [5.74, 6) is -0.412. The van der Waals surface area contributed by atoms with E-state index in [1.165, 1.54) is 96.3 Å². The molecule has 0 saturated carbocycles. The molecule has 0 aromatic carbocycles. The van der Waals surface area contributed by atoms with Crippen LogP contribution in [0, 0.1) is 0 Å². The zero-order chi connectivity index (χ0) is 35.0. The normalized spacial score (nSPS) is 12.5. The Morgan fingerprint density at radius 2 is 0.938 bits per heavy atom. The minimum atomic E-state index is -0.528. The van der Waals surface area contributed by atoms with E-state index in [0.717, 1.165) is 70.6 Å². The van der Waals surface area contributed by atoms with Crippen molar-refractivity contribution >= 4 is 11.9 Å². The quantitative estimate of drug-likeness (QED) is 0.0373. The second-order valence-corrected chi connectivity index (χ2v) is 13.5. The average Bonchev–Trinajstić information content (AvgIpc) is 3.08. The molecule has 0 rings (SSSR count). The minimum Gasteiger partial charge on any atom is -0.462 e. The average molecular weight is 675 g/mol. The molecule has 0 aliphatic heterocycles. The molecule has 0 fully saturated rings. The van der Waals surface area contributed by atoms with Crippen LogP contribution in [0.5, 0.6) is 0 Å². The number of hydrogen-bond acceptors (Lipinski definition) is 5. The highest BCUT2D eigenvalue weighted by molar-refractivity contribution is 5.70. The molecule has 0 aromatic rings. The van der Waals surface area contributed by atoms with Gasteiger partial charge in [-0.3, -0.25) is 9.59 Å². The van der Waals surface area contributed by atoms with E-state index in [1.54, 1.807) is 0 Å². The maximum atomic E-state index is 12.5. The number of unbranched alkanes of at least 4 members (excludes halogenated alkanes) is 20. The van der Waals surface area contributed by atoms with Crippen LogP contribution in [0.2, 0.25) is 0 Å². The summed E-state index contributed by atoms with van der Waals surface area (Å²) in [6.45, 7) is 7.66.